The Bertz CT molecular complexity index is 616. The molecule has 1 aliphatic rings. The van der Waals surface area contributed by atoms with Gasteiger partial charge in [-0.05, 0) is 12.1 Å². The van der Waals surface area contributed by atoms with E-state index in [1.165, 1.54) is 30.7 Å². The molecule has 1 N–H and O–H groups in total. The highest BCUT2D eigenvalue weighted by atomic mass is 19.1. The maximum atomic E-state index is 13.7. The first kappa shape index (κ1) is 13.5. The summed E-state index contributed by atoms with van der Waals surface area (Å²) in [5.41, 5.74) is 0.395. The number of halogens is 2. The lowest BCUT2D eigenvalue weighted by atomic mass is 10.2. The summed E-state index contributed by atoms with van der Waals surface area (Å²) in [6.45, 7) is 1.59. The van der Waals surface area contributed by atoms with Crippen LogP contribution in [0.15, 0.2) is 30.7 Å². The first-order chi connectivity index (χ1) is 10.2. The molecule has 0 bridgehead atoms. The van der Waals surface area contributed by atoms with E-state index in [1.807, 2.05) is 0 Å². The van der Waals surface area contributed by atoms with Crippen molar-refractivity contribution in [1.29, 1.82) is 0 Å². The molecule has 1 aromatic heterocycles. The zero-order valence-corrected chi connectivity index (χ0v) is 11.2. The number of aromatic nitrogens is 2. The van der Waals surface area contributed by atoms with E-state index in [2.05, 4.69) is 9.97 Å². The van der Waals surface area contributed by atoms with Gasteiger partial charge in [0.15, 0.2) is 0 Å². The lowest BCUT2D eigenvalue weighted by Gasteiger charge is -2.36. The van der Waals surface area contributed by atoms with E-state index in [0.29, 0.717) is 31.9 Å². The zero-order chi connectivity index (χ0) is 14.8. The van der Waals surface area contributed by atoms with Gasteiger partial charge in [-0.25, -0.2) is 13.8 Å². The van der Waals surface area contributed by atoms with Crippen molar-refractivity contribution in [3.8, 4) is 0 Å². The minimum atomic E-state index is -0.580. The Labute approximate surface area is 120 Å². The first-order valence-corrected chi connectivity index (χ1v) is 6.63. The number of aromatic amines is 1. The smallest absolute Gasteiger partial charge is 0.272 e. The lowest BCUT2D eigenvalue weighted by molar-refractivity contribution is 0.0741. The fourth-order valence-corrected chi connectivity index (χ4v) is 2.47. The van der Waals surface area contributed by atoms with E-state index in [0.717, 1.165) is 0 Å². The molecule has 0 unspecified atom stereocenters. The molecular weight excluding hydrogens is 278 g/mol. The van der Waals surface area contributed by atoms with Gasteiger partial charge in [0.1, 0.15) is 23.0 Å². The predicted octanol–water partition coefficient (Wildman–Crippen LogP) is 1.65. The van der Waals surface area contributed by atoms with Crippen molar-refractivity contribution >= 4 is 11.6 Å². The summed E-state index contributed by atoms with van der Waals surface area (Å²) in [6.07, 6.45) is 2.91. The van der Waals surface area contributed by atoms with Crippen LogP contribution in [0.3, 0.4) is 0 Å². The molecule has 110 valence electrons. The number of H-pyrrole nitrogens is 1. The molecule has 0 aliphatic carbocycles. The second kappa shape index (κ2) is 5.51. The van der Waals surface area contributed by atoms with Crippen molar-refractivity contribution in [3.63, 3.8) is 0 Å². The Hall–Kier alpha value is -2.44. The summed E-state index contributed by atoms with van der Waals surface area (Å²) in [5, 5.41) is 0. The number of nitrogens with zero attached hydrogens (tertiary/aromatic N) is 3. The van der Waals surface area contributed by atoms with Gasteiger partial charge in [-0.2, -0.15) is 0 Å². The third kappa shape index (κ3) is 2.58. The summed E-state index contributed by atoms with van der Waals surface area (Å²) in [6, 6.07) is 3.81. The van der Waals surface area contributed by atoms with Gasteiger partial charge in [0, 0.05) is 26.2 Å². The number of amides is 1. The third-order valence-electron chi connectivity index (χ3n) is 3.55. The molecule has 7 heteroatoms. The van der Waals surface area contributed by atoms with Crippen LogP contribution in [0.25, 0.3) is 0 Å². The summed E-state index contributed by atoms with van der Waals surface area (Å²) in [7, 11) is 0. The van der Waals surface area contributed by atoms with E-state index in [-0.39, 0.29) is 11.6 Å². The van der Waals surface area contributed by atoms with Crippen LogP contribution in [0.2, 0.25) is 0 Å². The maximum Gasteiger partial charge on any atom is 0.272 e. The number of imidazole rings is 1. The highest BCUT2D eigenvalue weighted by Gasteiger charge is 2.25. The predicted molar refractivity (Wildman–Crippen MR) is 73.1 cm³/mol. The Kier molecular flexibility index (Phi) is 3.55. The van der Waals surface area contributed by atoms with E-state index < -0.39 is 11.6 Å². The lowest BCUT2D eigenvalue weighted by Crippen LogP contribution is -2.49. The van der Waals surface area contributed by atoms with Gasteiger partial charge < -0.3 is 14.8 Å². The number of hydrogen-bond donors (Lipinski definition) is 1. The van der Waals surface area contributed by atoms with Crippen molar-refractivity contribution in [2.75, 3.05) is 31.1 Å². The third-order valence-corrected chi connectivity index (χ3v) is 3.55. The Morgan fingerprint density at radius 2 is 1.81 bits per heavy atom. The fraction of sp³-hybridized carbons (Fsp3) is 0.286. The molecule has 0 atom stereocenters. The zero-order valence-electron chi connectivity index (χ0n) is 11.2. The Morgan fingerprint density at radius 3 is 2.38 bits per heavy atom. The van der Waals surface area contributed by atoms with E-state index >= 15 is 0 Å². The molecule has 2 heterocycles. The van der Waals surface area contributed by atoms with Crippen molar-refractivity contribution in [2.24, 2.45) is 0 Å². The van der Waals surface area contributed by atoms with Crippen LogP contribution in [0.5, 0.6) is 0 Å². The van der Waals surface area contributed by atoms with Gasteiger partial charge in [-0.15, -0.1) is 0 Å². The van der Waals surface area contributed by atoms with Crippen LogP contribution in [0.1, 0.15) is 10.5 Å². The number of anilines is 1. The van der Waals surface area contributed by atoms with Crippen molar-refractivity contribution in [2.45, 2.75) is 0 Å². The van der Waals surface area contributed by atoms with E-state index in [9.17, 15) is 13.6 Å². The monoisotopic (exact) mass is 292 g/mol. The number of nitrogens with one attached hydrogen (secondary N) is 1. The minimum absolute atomic E-state index is 0.0221. The topological polar surface area (TPSA) is 52.2 Å². The number of para-hydroxylation sites is 1. The molecule has 1 fully saturated rings. The number of hydrogen-bond acceptors (Lipinski definition) is 3. The van der Waals surface area contributed by atoms with Gasteiger partial charge in [0.25, 0.3) is 5.91 Å². The standard InChI is InChI=1S/C14H14F2N4O/c15-10-2-1-3-11(16)13(10)19-4-6-20(7-5-19)14(21)12-8-17-9-18-12/h1-3,8-9H,4-7H2,(H,17,18). The molecule has 1 amide bonds. The van der Waals surface area contributed by atoms with Gasteiger partial charge in [0.05, 0.1) is 12.5 Å². The number of piperazine rings is 1. The summed E-state index contributed by atoms with van der Waals surface area (Å²) in [4.78, 5) is 22.0. The van der Waals surface area contributed by atoms with Crippen LogP contribution < -0.4 is 4.90 Å². The van der Waals surface area contributed by atoms with Crippen LogP contribution in [-0.4, -0.2) is 47.0 Å². The largest absolute Gasteiger partial charge is 0.363 e. The second-order valence-electron chi connectivity index (χ2n) is 4.81. The molecule has 0 saturated carbocycles. The van der Waals surface area contributed by atoms with Crippen molar-refractivity contribution in [1.82, 2.24) is 14.9 Å². The fourth-order valence-electron chi connectivity index (χ4n) is 2.47. The minimum Gasteiger partial charge on any atom is -0.363 e. The van der Waals surface area contributed by atoms with Crippen LogP contribution in [0.4, 0.5) is 14.5 Å². The van der Waals surface area contributed by atoms with E-state index in [1.54, 1.807) is 9.80 Å². The summed E-state index contributed by atoms with van der Waals surface area (Å²) >= 11 is 0. The number of carbonyl (C=O) groups excluding carboxylic acids is 1. The van der Waals surface area contributed by atoms with Gasteiger partial charge in [-0.1, -0.05) is 6.07 Å². The quantitative estimate of drug-likeness (QED) is 0.915. The van der Waals surface area contributed by atoms with Gasteiger partial charge >= 0.3 is 0 Å². The van der Waals surface area contributed by atoms with Gasteiger partial charge in [-0.3, -0.25) is 4.79 Å². The number of carbonyl (C=O) groups is 1. The average molecular weight is 292 g/mol. The Morgan fingerprint density at radius 1 is 1.14 bits per heavy atom. The van der Waals surface area contributed by atoms with Crippen molar-refractivity contribution < 1.29 is 13.6 Å². The molecule has 1 aliphatic heterocycles. The van der Waals surface area contributed by atoms with E-state index in [4.69, 9.17) is 0 Å². The molecule has 5 nitrogen and oxygen atoms in total. The number of rotatable bonds is 2. The van der Waals surface area contributed by atoms with Crippen LogP contribution >= 0.6 is 0 Å². The highest BCUT2D eigenvalue weighted by Crippen LogP contribution is 2.24. The molecular formula is C14H14F2N4O. The summed E-state index contributed by atoms with van der Waals surface area (Å²) in [5.74, 6) is -1.31. The van der Waals surface area contributed by atoms with Gasteiger partial charge in [0.2, 0.25) is 0 Å². The maximum absolute atomic E-state index is 13.7. The average Bonchev–Trinajstić information content (AvgIpc) is 3.01. The molecule has 2 aromatic rings. The summed E-state index contributed by atoms with van der Waals surface area (Å²) < 4.78 is 27.5. The van der Waals surface area contributed by atoms with Crippen LogP contribution in [0, 0.1) is 11.6 Å². The first-order valence-electron chi connectivity index (χ1n) is 6.63. The normalized spacial score (nSPS) is 15.3. The number of benzene rings is 1. The molecule has 0 radical (unpaired) electrons. The SMILES string of the molecule is O=C(c1cnc[nH]1)N1CCN(c2c(F)cccc2F)CC1. The van der Waals surface area contributed by atoms with Crippen LogP contribution in [-0.2, 0) is 0 Å². The molecule has 3 rings (SSSR count). The molecule has 1 aromatic carbocycles. The second-order valence-corrected chi connectivity index (χ2v) is 4.81. The molecule has 1 saturated heterocycles. The highest BCUT2D eigenvalue weighted by molar-refractivity contribution is 5.92. The van der Waals surface area contributed by atoms with Crippen molar-refractivity contribution in [3.05, 3.63) is 48.1 Å². The molecule has 0 spiro atoms. The Balaban J connectivity index is 1.69. The molecule has 21 heavy (non-hydrogen) atoms.